The van der Waals surface area contributed by atoms with Crippen LogP contribution in [-0.4, -0.2) is 55.4 Å². The van der Waals surface area contributed by atoms with Crippen LogP contribution >= 0.6 is 0 Å². The largest absolute Gasteiger partial charge is 0.385 e. The molecule has 0 saturated carbocycles. The van der Waals surface area contributed by atoms with E-state index in [1.54, 1.807) is 13.2 Å². The Balaban J connectivity index is 2.04. The molecule has 0 aromatic carbocycles. The van der Waals surface area contributed by atoms with E-state index in [0.29, 0.717) is 43.6 Å². The van der Waals surface area contributed by atoms with E-state index in [2.05, 4.69) is 20.6 Å². The Morgan fingerprint density at radius 3 is 2.90 bits per heavy atom. The van der Waals surface area contributed by atoms with Crippen LogP contribution < -0.4 is 10.6 Å². The van der Waals surface area contributed by atoms with Crippen molar-refractivity contribution in [3.05, 3.63) is 17.7 Å². The van der Waals surface area contributed by atoms with Crippen molar-refractivity contribution < 1.29 is 14.3 Å². The molecule has 0 spiro atoms. The van der Waals surface area contributed by atoms with Crippen molar-refractivity contribution >= 4 is 11.6 Å². The number of carbonyl (C=O) groups excluding carboxylic acids is 1. The summed E-state index contributed by atoms with van der Waals surface area (Å²) in [6.07, 6.45) is 1.53. The molecule has 1 fully saturated rings. The van der Waals surface area contributed by atoms with Gasteiger partial charge in [-0.05, 0) is 0 Å². The van der Waals surface area contributed by atoms with Gasteiger partial charge >= 0.3 is 0 Å². The number of aromatic nitrogens is 2. The first-order valence-corrected chi connectivity index (χ1v) is 7.14. The maximum absolute atomic E-state index is 12.3. The van der Waals surface area contributed by atoms with Crippen LogP contribution in [0.4, 0.5) is 5.69 Å². The summed E-state index contributed by atoms with van der Waals surface area (Å²) < 4.78 is 10.8. The van der Waals surface area contributed by atoms with Crippen molar-refractivity contribution in [2.45, 2.75) is 25.9 Å². The smallest absolute Gasteiger partial charge is 0.272 e. The third kappa shape index (κ3) is 4.12. The van der Waals surface area contributed by atoms with Gasteiger partial charge in [0.15, 0.2) is 5.69 Å². The Kier molecular flexibility index (Phi) is 5.46. The van der Waals surface area contributed by atoms with Crippen LogP contribution in [0.15, 0.2) is 6.20 Å². The van der Waals surface area contributed by atoms with E-state index in [1.807, 2.05) is 13.8 Å². The molecule has 7 heteroatoms. The van der Waals surface area contributed by atoms with Gasteiger partial charge in [-0.25, -0.2) is 9.97 Å². The summed E-state index contributed by atoms with van der Waals surface area (Å²) in [7, 11) is 1.74. The third-order valence-corrected chi connectivity index (χ3v) is 3.18. The summed E-state index contributed by atoms with van der Waals surface area (Å²) in [5, 5.41) is 5.77. The lowest BCUT2D eigenvalue weighted by atomic mass is 10.2. The van der Waals surface area contributed by atoms with Crippen LogP contribution in [-0.2, 0) is 9.47 Å². The number of hydrogen-bond donors (Lipinski definition) is 2. The van der Waals surface area contributed by atoms with Gasteiger partial charge < -0.3 is 20.1 Å². The fraction of sp³-hybridized carbons (Fsp3) is 0.643. The van der Waals surface area contributed by atoms with Crippen LogP contribution in [0.3, 0.4) is 0 Å². The second kappa shape index (κ2) is 7.33. The van der Waals surface area contributed by atoms with E-state index in [-0.39, 0.29) is 17.9 Å². The summed E-state index contributed by atoms with van der Waals surface area (Å²) in [5.41, 5.74) is 0.964. The van der Waals surface area contributed by atoms with Gasteiger partial charge in [0.05, 0.1) is 37.8 Å². The normalized spacial score (nSPS) is 18.6. The molecule has 7 nitrogen and oxygen atoms in total. The molecule has 1 aromatic heterocycles. The fourth-order valence-corrected chi connectivity index (χ4v) is 1.97. The average molecular weight is 294 g/mol. The summed E-state index contributed by atoms with van der Waals surface area (Å²) in [4.78, 5) is 20.9. The molecule has 1 amide bonds. The zero-order chi connectivity index (χ0) is 15.2. The lowest BCUT2D eigenvalue weighted by Gasteiger charge is -2.23. The maximum atomic E-state index is 12.3. The molecule has 2 N–H and O–H groups in total. The van der Waals surface area contributed by atoms with Crippen LogP contribution in [0.5, 0.6) is 0 Å². The average Bonchev–Trinajstić information content (AvgIpc) is 2.52. The molecule has 1 aromatic rings. The van der Waals surface area contributed by atoms with Gasteiger partial charge in [0.25, 0.3) is 5.91 Å². The number of nitrogens with one attached hydrogen (secondary N) is 2. The number of carbonyl (C=O) groups is 1. The Bertz CT molecular complexity index is 487. The van der Waals surface area contributed by atoms with E-state index in [9.17, 15) is 4.79 Å². The number of hydrogen-bond acceptors (Lipinski definition) is 6. The van der Waals surface area contributed by atoms with Gasteiger partial charge in [-0.2, -0.15) is 0 Å². The SMILES string of the molecule is CNc1cnc(C(C)C)nc1C(=O)NCC1COCCO1. The molecule has 2 heterocycles. The molecule has 1 atom stereocenters. The topological polar surface area (TPSA) is 85.4 Å². The predicted molar refractivity (Wildman–Crippen MR) is 78.6 cm³/mol. The molecule has 116 valence electrons. The molecule has 2 rings (SSSR count). The molecular formula is C14H22N4O3. The first-order valence-electron chi connectivity index (χ1n) is 7.14. The third-order valence-electron chi connectivity index (χ3n) is 3.18. The number of nitrogens with zero attached hydrogens (tertiary/aromatic N) is 2. The Hall–Kier alpha value is -1.73. The Morgan fingerprint density at radius 2 is 2.29 bits per heavy atom. The van der Waals surface area contributed by atoms with E-state index in [4.69, 9.17) is 9.47 Å². The molecule has 0 radical (unpaired) electrons. The van der Waals surface area contributed by atoms with Crippen LogP contribution in [0.1, 0.15) is 36.1 Å². The summed E-state index contributed by atoms with van der Waals surface area (Å²) in [6, 6.07) is 0. The molecule has 1 unspecified atom stereocenters. The van der Waals surface area contributed by atoms with E-state index in [1.165, 1.54) is 0 Å². The first kappa shape index (κ1) is 15.7. The van der Waals surface area contributed by atoms with Gasteiger partial charge in [-0.1, -0.05) is 13.8 Å². The highest BCUT2D eigenvalue weighted by Gasteiger charge is 2.19. The van der Waals surface area contributed by atoms with E-state index >= 15 is 0 Å². The standard InChI is InChI=1S/C14H22N4O3/c1-9(2)13-16-7-11(15-3)12(18-13)14(19)17-6-10-8-20-4-5-21-10/h7,9-10,15H,4-6,8H2,1-3H3,(H,17,19). The lowest BCUT2D eigenvalue weighted by Crippen LogP contribution is -2.40. The highest BCUT2D eigenvalue weighted by molar-refractivity contribution is 5.97. The highest BCUT2D eigenvalue weighted by atomic mass is 16.6. The Morgan fingerprint density at radius 1 is 1.48 bits per heavy atom. The number of rotatable bonds is 5. The summed E-state index contributed by atoms with van der Waals surface area (Å²) >= 11 is 0. The first-order chi connectivity index (χ1) is 10.1. The minimum Gasteiger partial charge on any atom is -0.385 e. The summed E-state index contributed by atoms with van der Waals surface area (Å²) in [5.74, 6) is 0.576. The minimum absolute atomic E-state index is 0.104. The van der Waals surface area contributed by atoms with Gasteiger partial charge in [0.2, 0.25) is 0 Å². The van der Waals surface area contributed by atoms with Crippen LogP contribution in [0.25, 0.3) is 0 Å². The van der Waals surface area contributed by atoms with E-state index < -0.39 is 0 Å². The second-order valence-corrected chi connectivity index (χ2v) is 5.17. The van der Waals surface area contributed by atoms with Gasteiger partial charge in [0.1, 0.15) is 5.82 Å². The van der Waals surface area contributed by atoms with Gasteiger partial charge in [-0.15, -0.1) is 0 Å². The van der Waals surface area contributed by atoms with Crippen molar-refractivity contribution in [1.82, 2.24) is 15.3 Å². The zero-order valence-electron chi connectivity index (χ0n) is 12.7. The number of amides is 1. The molecule has 0 aliphatic carbocycles. The monoisotopic (exact) mass is 294 g/mol. The number of anilines is 1. The highest BCUT2D eigenvalue weighted by Crippen LogP contribution is 2.15. The van der Waals surface area contributed by atoms with Crippen molar-refractivity contribution in [2.75, 3.05) is 38.7 Å². The second-order valence-electron chi connectivity index (χ2n) is 5.17. The quantitative estimate of drug-likeness (QED) is 0.835. The fourth-order valence-electron chi connectivity index (χ4n) is 1.97. The van der Waals surface area contributed by atoms with Crippen LogP contribution in [0.2, 0.25) is 0 Å². The van der Waals surface area contributed by atoms with Crippen molar-refractivity contribution in [2.24, 2.45) is 0 Å². The van der Waals surface area contributed by atoms with Crippen molar-refractivity contribution in [3.8, 4) is 0 Å². The molecule has 0 bridgehead atoms. The zero-order valence-corrected chi connectivity index (χ0v) is 12.7. The predicted octanol–water partition coefficient (Wildman–Crippen LogP) is 0.787. The van der Waals surface area contributed by atoms with Crippen LogP contribution in [0, 0.1) is 0 Å². The Labute approximate surface area is 124 Å². The van der Waals surface area contributed by atoms with Crippen molar-refractivity contribution in [1.29, 1.82) is 0 Å². The molecule has 1 saturated heterocycles. The molecule has 21 heavy (non-hydrogen) atoms. The maximum Gasteiger partial charge on any atom is 0.272 e. The van der Waals surface area contributed by atoms with Gasteiger partial charge in [0, 0.05) is 19.5 Å². The summed E-state index contributed by atoms with van der Waals surface area (Å²) in [6.45, 7) is 6.06. The lowest BCUT2D eigenvalue weighted by molar-refractivity contribution is -0.0855. The molecule has 1 aliphatic heterocycles. The number of ether oxygens (including phenoxy) is 2. The van der Waals surface area contributed by atoms with Crippen molar-refractivity contribution in [3.63, 3.8) is 0 Å². The van der Waals surface area contributed by atoms with E-state index in [0.717, 1.165) is 0 Å². The molecule has 1 aliphatic rings. The molecular weight excluding hydrogens is 272 g/mol. The van der Waals surface area contributed by atoms with Gasteiger partial charge in [-0.3, -0.25) is 4.79 Å². The minimum atomic E-state index is -0.238.